The van der Waals surface area contributed by atoms with Crippen LogP contribution in [0, 0.1) is 0 Å². The third-order valence-corrected chi connectivity index (χ3v) is 3.28. The molecule has 0 aliphatic rings. The van der Waals surface area contributed by atoms with E-state index < -0.39 is 0 Å². The van der Waals surface area contributed by atoms with E-state index in [0.717, 1.165) is 38.5 Å². The average Bonchev–Trinajstić information content (AvgIpc) is 2.38. The van der Waals surface area contributed by atoms with Gasteiger partial charge in [0.15, 0.2) is 0 Å². The molecular weight excluding hydrogens is 236 g/mol. The zero-order valence-electron chi connectivity index (χ0n) is 13.8. The molecule has 0 bridgehead atoms. The molecule has 2 N–H and O–H groups in total. The third-order valence-electron chi connectivity index (χ3n) is 3.28. The van der Waals surface area contributed by atoms with E-state index in [0.29, 0.717) is 0 Å². The van der Waals surface area contributed by atoms with E-state index in [-0.39, 0.29) is 12.2 Å². The van der Waals surface area contributed by atoms with Gasteiger partial charge < -0.3 is 10.2 Å². The van der Waals surface area contributed by atoms with Crippen LogP contribution in [0.15, 0.2) is 0 Å². The minimum atomic E-state index is -0.0325. The highest BCUT2D eigenvalue weighted by molar-refractivity contribution is 4.54. The van der Waals surface area contributed by atoms with Gasteiger partial charge in [0, 0.05) is 0 Å². The minimum absolute atomic E-state index is 0.0310. The lowest BCUT2D eigenvalue weighted by molar-refractivity contribution is 0.150. The molecular formula is C17H38O2. The van der Waals surface area contributed by atoms with Crippen molar-refractivity contribution in [2.24, 2.45) is 0 Å². The molecule has 0 aromatic rings. The largest absolute Gasteiger partial charge is 0.393 e. The van der Waals surface area contributed by atoms with Crippen molar-refractivity contribution in [3.8, 4) is 0 Å². The van der Waals surface area contributed by atoms with Gasteiger partial charge in [0.1, 0.15) is 0 Å². The summed E-state index contributed by atoms with van der Waals surface area (Å²) in [7, 11) is 0. The molecule has 0 heterocycles. The molecule has 0 rings (SSSR count). The SMILES string of the molecule is CCCCC(O)CCC.CCCCCC(O)CCC. The van der Waals surface area contributed by atoms with Gasteiger partial charge in [-0.2, -0.15) is 0 Å². The fraction of sp³-hybridized carbons (Fsp3) is 1.00. The van der Waals surface area contributed by atoms with E-state index in [1.807, 2.05) is 0 Å². The number of rotatable bonds is 11. The highest BCUT2D eigenvalue weighted by Gasteiger charge is 2.00. The second-order valence-corrected chi connectivity index (χ2v) is 5.52. The van der Waals surface area contributed by atoms with Crippen molar-refractivity contribution in [2.45, 2.75) is 111 Å². The minimum Gasteiger partial charge on any atom is -0.393 e. The predicted molar refractivity (Wildman–Crippen MR) is 85.5 cm³/mol. The first-order valence-corrected chi connectivity index (χ1v) is 8.48. The number of aliphatic hydroxyl groups excluding tert-OH is 2. The Balaban J connectivity index is 0. The molecule has 0 aliphatic heterocycles. The van der Waals surface area contributed by atoms with Crippen molar-refractivity contribution in [1.29, 1.82) is 0 Å². The fourth-order valence-electron chi connectivity index (χ4n) is 2.02. The maximum absolute atomic E-state index is 9.28. The van der Waals surface area contributed by atoms with Crippen molar-refractivity contribution in [1.82, 2.24) is 0 Å². The van der Waals surface area contributed by atoms with Gasteiger partial charge in [0.05, 0.1) is 12.2 Å². The molecule has 0 aromatic carbocycles. The maximum atomic E-state index is 9.28. The first kappa shape index (κ1) is 21.2. The van der Waals surface area contributed by atoms with Crippen molar-refractivity contribution in [3.05, 3.63) is 0 Å². The van der Waals surface area contributed by atoms with E-state index in [4.69, 9.17) is 0 Å². The molecule has 118 valence electrons. The Bertz CT molecular complexity index is 148. The average molecular weight is 274 g/mol. The molecule has 0 spiro atoms. The van der Waals surface area contributed by atoms with Crippen LogP contribution < -0.4 is 0 Å². The Labute approximate surface area is 121 Å². The summed E-state index contributed by atoms with van der Waals surface area (Å²) < 4.78 is 0. The molecule has 19 heavy (non-hydrogen) atoms. The van der Waals surface area contributed by atoms with Crippen LogP contribution >= 0.6 is 0 Å². The van der Waals surface area contributed by atoms with Gasteiger partial charge in [-0.1, -0.05) is 72.6 Å². The molecule has 2 atom stereocenters. The van der Waals surface area contributed by atoms with E-state index in [2.05, 4.69) is 27.7 Å². The van der Waals surface area contributed by atoms with Crippen LogP contribution in [0.5, 0.6) is 0 Å². The normalized spacial score (nSPS) is 13.6. The Morgan fingerprint density at radius 2 is 0.947 bits per heavy atom. The lowest BCUT2D eigenvalue weighted by Gasteiger charge is -2.07. The molecule has 2 nitrogen and oxygen atoms in total. The van der Waals surface area contributed by atoms with Crippen LogP contribution in [-0.2, 0) is 0 Å². The summed E-state index contributed by atoms with van der Waals surface area (Å²) in [5, 5.41) is 18.5. The fourth-order valence-corrected chi connectivity index (χ4v) is 2.02. The van der Waals surface area contributed by atoms with Gasteiger partial charge in [-0.3, -0.25) is 0 Å². The van der Waals surface area contributed by atoms with Crippen molar-refractivity contribution < 1.29 is 10.2 Å². The Morgan fingerprint density at radius 1 is 0.526 bits per heavy atom. The number of hydrogen-bond donors (Lipinski definition) is 2. The molecule has 0 saturated heterocycles. The van der Waals surface area contributed by atoms with Crippen LogP contribution in [-0.4, -0.2) is 22.4 Å². The van der Waals surface area contributed by atoms with Gasteiger partial charge in [-0.05, 0) is 25.7 Å². The summed E-state index contributed by atoms with van der Waals surface area (Å²) in [5.41, 5.74) is 0. The topological polar surface area (TPSA) is 40.5 Å². The van der Waals surface area contributed by atoms with E-state index in [1.54, 1.807) is 0 Å². The van der Waals surface area contributed by atoms with E-state index in [9.17, 15) is 10.2 Å². The second kappa shape index (κ2) is 17.9. The molecule has 2 heteroatoms. The summed E-state index contributed by atoms with van der Waals surface area (Å²) in [6, 6.07) is 0. The van der Waals surface area contributed by atoms with E-state index >= 15 is 0 Å². The molecule has 0 aromatic heterocycles. The van der Waals surface area contributed by atoms with E-state index in [1.165, 1.54) is 32.1 Å². The summed E-state index contributed by atoms with van der Waals surface area (Å²) in [6.45, 7) is 8.56. The summed E-state index contributed by atoms with van der Waals surface area (Å²) >= 11 is 0. The van der Waals surface area contributed by atoms with Crippen LogP contribution in [0.25, 0.3) is 0 Å². The zero-order valence-corrected chi connectivity index (χ0v) is 13.8. The van der Waals surface area contributed by atoms with Gasteiger partial charge in [-0.15, -0.1) is 0 Å². The Kier molecular flexibility index (Phi) is 20.0. The molecule has 0 fully saturated rings. The third kappa shape index (κ3) is 20.4. The summed E-state index contributed by atoms with van der Waals surface area (Å²) in [5.74, 6) is 0. The number of unbranched alkanes of at least 4 members (excludes halogenated alkanes) is 3. The first-order chi connectivity index (χ1) is 9.12. The zero-order chi connectivity index (χ0) is 14.9. The van der Waals surface area contributed by atoms with Crippen molar-refractivity contribution >= 4 is 0 Å². The van der Waals surface area contributed by atoms with Gasteiger partial charge in [-0.25, -0.2) is 0 Å². The van der Waals surface area contributed by atoms with Crippen molar-refractivity contribution in [3.63, 3.8) is 0 Å². The van der Waals surface area contributed by atoms with Crippen LogP contribution in [0.4, 0.5) is 0 Å². The molecule has 0 saturated carbocycles. The predicted octanol–water partition coefficient (Wildman–Crippen LogP) is 5.07. The lowest BCUT2D eigenvalue weighted by Crippen LogP contribution is -2.04. The van der Waals surface area contributed by atoms with Crippen LogP contribution in [0.1, 0.15) is 98.3 Å². The summed E-state index contributed by atoms with van der Waals surface area (Å²) in [6.07, 6.45) is 12.2. The van der Waals surface area contributed by atoms with Crippen molar-refractivity contribution in [2.75, 3.05) is 0 Å². The summed E-state index contributed by atoms with van der Waals surface area (Å²) in [4.78, 5) is 0. The standard InChI is InChI=1S/C9H20O.C8H18O/c1-3-5-6-8-9(10)7-4-2;1-3-5-7-8(9)6-4-2/h9-10H,3-8H2,1-2H3;8-9H,3-7H2,1-2H3. The Hall–Kier alpha value is -0.0800. The Morgan fingerprint density at radius 3 is 1.32 bits per heavy atom. The highest BCUT2D eigenvalue weighted by atomic mass is 16.3. The molecule has 0 aliphatic carbocycles. The monoisotopic (exact) mass is 274 g/mol. The number of aliphatic hydroxyl groups is 2. The van der Waals surface area contributed by atoms with Crippen LogP contribution in [0.2, 0.25) is 0 Å². The molecule has 2 unspecified atom stereocenters. The van der Waals surface area contributed by atoms with Gasteiger partial charge >= 0.3 is 0 Å². The second-order valence-electron chi connectivity index (χ2n) is 5.52. The lowest BCUT2D eigenvalue weighted by atomic mass is 10.1. The first-order valence-electron chi connectivity index (χ1n) is 8.48. The highest BCUT2D eigenvalue weighted by Crippen LogP contribution is 2.07. The maximum Gasteiger partial charge on any atom is 0.0540 e. The van der Waals surface area contributed by atoms with Gasteiger partial charge in [0.25, 0.3) is 0 Å². The van der Waals surface area contributed by atoms with Crippen LogP contribution in [0.3, 0.4) is 0 Å². The smallest absolute Gasteiger partial charge is 0.0540 e. The molecule has 0 radical (unpaired) electrons. The number of hydrogen-bond acceptors (Lipinski definition) is 2. The van der Waals surface area contributed by atoms with Gasteiger partial charge in [0.2, 0.25) is 0 Å². The quantitative estimate of drug-likeness (QED) is 0.517. The molecule has 0 amide bonds.